The summed E-state index contributed by atoms with van der Waals surface area (Å²) in [5.74, 6) is 0.929. The lowest BCUT2D eigenvalue weighted by Gasteiger charge is -2.24. The molecule has 0 fully saturated rings. The van der Waals surface area contributed by atoms with Crippen molar-refractivity contribution in [3.8, 4) is 0 Å². The molecule has 0 aliphatic carbocycles. The van der Waals surface area contributed by atoms with Gasteiger partial charge in [0.1, 0.15) is 0 Å². The van der Waals surface area contributed by atoms with Crippen molar-refractivity contribution in [1.82, 2.24) is 10.2 Å². The summed E-state index contributed by atoms with van der Waals surface area (Å²) in [7, 11) is 0. The van der Waals surface area contributed by atoms with Gasteiger partial charge in [0.2, 0.25) is 5.84 Å². The first-order chi connectivity index (χ1) is 22.8. The number of hydrogen-bond acceptors (Lipinski definition) is 2. The Balaban J connectivity index is -0.00000353. The van der Waals surface area contributed by atoms with Gasteiger partial charge in [-0.25, -0.2) is 0 Å². The van der Waals surface area contributed by atoms with Gasteiger partial charge in [-0.2, -0.15) is 0 Å². The van der Waals surface area contributed by atoms with Crippen LogP contribution in [-0.2, 0) is 9.59 Å². The molecule has 0 saturated heterocycles. The van der Waals surface area contributed by atoms with Crippen LogP contribution in [0.1, 0.15) is 194 Å². The summed E-state index contributed by atoms with van der Waals surface area (Å²) in [6, 6.07) is -0.459. The van der Waals surface area contributed by atoms with Crippen LogP contribution >= 0.6 is 0 Å². The van der Waals surface area contributed by atoms with Gasteiger partial charge in [0.05, 0.1) is 6.54 Å². The number of hydrogen-bond donors (Lipinski definition) is 5. The van der Waals surface area contributed by atoms with Gasteiger partial charge in [-0.3, -0.25) is 20.3 Å². The summed E-state index contributed by atoms with van der Waals surface area (Å²) < 4.78 is 0. The molecule has 0 bridgehead atoms. The Bertz CT molecular complexity index is 759. The van der Waals surface area contributed by atoms with Gasteiger partial charge in [-0.05, 0) is 32.1 Å². The monoisotopic (exact) mass is 773 g/mol. The molecule has 0 aliphatic rings. The topological polar surface area (TPSA) is 145 Å². The first-order valence-corrected chi connectivity index (χ1v) is 20.4. The molecule has 2 atom stereocenters. The Kier molecular flexibility index (Phi) is 47.7. The zero-order valence-corrected chi connectivity index (χ0v) is 35.2. The number of quaternary nitrogens is 2. The molecular weight excluding hydrogens is 691 g/mol. The summed E-state index contributed by atoms with van der Waals surface area (Å²) in [4.78, 5) is 31.0. The molecule has 0 aromatic rings. The average molecular weight is 774 g/mol. The number of nitrogens with zero attached hydrogens (tertiary/aromatic N) is 1. The van der Waals surface area contributed by atoms with Gasteiger partial charge in [0.15, 0.2) is 12.1 Å². The maximum atomic E-state index is 13.5. The highest BCUT2D eigenvalue weighted by molar-refractivity contribution is 5.80. The minimum absolute atomic E-state index is 0. The van der Waals surface area contributed by atoms with Crippen molar-refractivity contribution < 1.29 is 63.3 Å². The van der Waals surface area contributed by atoms with Crippen LogP contribution in [0.5, 0.6) is 0 Å². The van der Waals surface area contributed by atoms with Crippen LogP contribution in [0.15, 0.2) is 0 Å². The number of amides is 2. The van der Waals surface area contributed by atoms with Crippen molar-refractivity contribution in [3.05, 3.63) is 0 Å². The van der Waals surface area contributed by atoms with E-state index in [-0.39, 0.29) is 61.1 Å². The third kappa shape index (κ3) is 37.0. The van der Waals surface area contributed by atoms with Crippen LogP contribution in [0.4, 0.5) is 0 Å². The molecule has 0 aromatic carbocycles. The van der Waals surface area contributed by atoms with Crippen LogP contribution in [0.2, 0.25) is 0 Å². The summed E-state index contributed by atoms with van der Waals surface area (Å²) in [5, 5.41) is 3.02. The minimum atomic E-state index is -0.253. The van der Waals surface area contributed by atoms with Gasteiger partial charge < -0.3 is 58.9 Å². The molecule has 50 heavy (non-hydrogen) atoms. The second-order valence-corrected chi connectivity index (χ2v) is 14.3. The predicted octanol–water partition coefficient (Wildman–Crippen LogP) is -3.81. The van der Waals surface area contributed by atoms with Crippen LogP contribution < -0.4 is 64.7 Å². The van der Waals surface area contributed by atoms with Crippen molar-refractivity contribution >= 4 is 17.6 Å². The van der Waals surface area contributed by atoms with E-state index in [4.69, 9.17) is 5.73 Å². The zero-order chi connectivity index (χ0) is 34.8. The molecule has 0 aliphatic heterocycles. The van der Waals surface area contributed by atoms with E-state index in [9.17, 15) is 9.59 Å². The van der Waals surface area contributed by atoms with Crippen LogP contribution in [-0.4, -0.2) is 60.8 Å². The molecule has 0 radical (unpaired) electrons. The number of amidine groups is 1. The first-order valence-electron chi connectivity index (χ1n) is 20.4. The fourth-order valence-corrected chi connectivity index (χ4v) is 6.28. The van der Waals surface area contributed by atoms with Gasteiger partial charge in [0.25, 0.3) is 11.8 Å². The van der Waals surface area contributed by atoms with E-state index in [1.807, 2.05) is 6.92 Å². The van der Waals surface area contributed by atoms with Gasteiger partial charge in [-0.15, -0.1) is 0 Å². The zero-order valence-electron chi connectivity index (χ0n) is 33.0. The smallest absolute Gasteiger partial charge is 0.280 e. The molecule has 0 saturated carbocycles. The van der Waals surface area contributed by atoms with E-state index < -0.39 is 0 Å². The highest BCUT2D eigenvalue weighted by Gasteiger charge is 2.23. The number of unbranched alkanes of at least 4 members (excludes halogenated alkanes) is 21. The molecule has 302 valence electrons. The quantitative estimate of drug-likeness (QED) is 0.0256. The molecule has 10 N–H and O–H groups in total. The third-order valence-electron chi connectivity index (χ3n) is 9.51. The Morgan fingerprint density at radius 3 is 1.36 bits per heavy atom. The standard InChI is InChI=1S/C39H80N6O2.3ClH/c1-4-6-8-10-12-14-16-17-19-21-23-27-34-45(33-26-22-20-18-15-13-11-9-7-5-2)39(47)37(42)29-24-25-31-44-38(46)36(41)30-28-32-43-35(3)40;;;/h36-37H,4-34,41-42H2,1-3H3,(H2,40,43)(H,44,46);3*1H. The number of nitrogens with two attached hydrogens (primary N) is 1. The molecule has 11 heteroatoms. The van der Waals surface area contributed by atoms with E-state index in [0.717, 1.165) is 64.6 Å². The van der Waals surface area contributed by atoms with Crippen LogP contribution in [0, 0.1) is 0 Å². The molecule has 2 unspecified atom stereocenters. The number of nitrogens with one attached hydrogen (secondary N) is 2. The van der Waals surface area contributed by atoms with Crippen molar-refractivity contribution in [2.45, 2.75) is 206 Å². The van der Waals surface area contributed by atoms with Crippen LogP contribution in [0.25, 0.3) is 0 Å². The third-order valence-corrected chi connectivity index (χ3v) is 9.51. The molecule has 0 spiro atoms. The summed E-state index contributed by atoms with van der Waals surface area (Å²) in [6.07, 6.45) is 33.2. The minimum Gasteiger partial charge on any atom is -1.00 e. The molecule has 0 rings (SSSR count). The van der Waals surface area contributed by atoms with Crippen molar-refractivity contribution in [2.24, 2.45) is 5.73 Å². The largest absolute Gasteiger partial charge is 1.00 e. The average Bonchev–Trinajstić information content (AvgIpc) is 3.06. The Hall–Kier alpha value is -0.800. The van der Waals surface area contributed by atoms with Gasteiger partial charge >= 0.3 is 0 Å². The number of rotatable bonds is 35. The normalized spacial score (nSPS) is 12.3. The predicted molar refractivity (Wildman–Crippen MR) is 200 cm³/mol. The van der Waals surface area contributed by atoms with Crippen LogP contribution in [0.3, 0.4) is 0 Å². The van der Waals surface area contributed by atoms with E-state index in [0.29, 0.717) is 12.4 Å². The van der Waals surface area contributed by atoms with Crippen molar-refractivity contribution in [1.29, 1.82) is 0 Å². The van der Waals surface area contributed by atoms with E-state index in [1.54, 1.807) is 0 Å². The Labute approximate surface area is 328 Å². The second-order valence-electron chi connectivity index (χ2n) is 14.3. The summed E-state index contributed by atoms with van der Waals surface area (Å²) in [5.41, 5.74) is 13.9. The lowest BCUT2D eigenvalue weighted by molar-refractivity contribution is -0.463. The molecule has 0 aromatic heterocycles. The van der Waals surface area contributed by atoms with Gasteiger partial charge in [0, 0.05) is 39.4 Å². The fourth-order valence-electron chi connectivity index (χ4n) is 6.28. The number of carbonyl (C=O) groups excluding carboxylic acids is 2. The number of halogens is 3. The SMILES string of the molecule is CCCCCCCCCCCCCCN(CCCCCCCCCCCC)C(=O)C([NH3+])CCCCNC(=O)C([NH3+])CCC[NH+]=C(C)N.[Cl-].[Cl-].[Cl-]. The molecule has 0 heterocycles. The summed E-state index contributed by atoms with van der Waals surface area (Å²) in [6.45, 7) is 9.52. The molecule has 2 amide bonds. The Morgan fingerprint density at radius 1 is 0.580 bits per heavy atom. The lowest BCUT2D eigenvalue weighted by atomic mass is 10.0. The lowest BCUT2D eigenvalue weighted by Crippen LogP contribution is -3.00. The fraction of sp³-hybridized carbons (Fsp3) is 0.923. The Morgan fingerprint density at radius 2 is 0.960 bits per heavy atom. The van der Waals surface area contributed by atoms with E-state index in [1.165, 1.54) is 128 Å². The van der Waals surface area contributed by atoms with Crippen molar-refractivity contribution in [2.75, 3.05) is 26.2 Å². The van der Waals surface area contributed by atoms with Gasteiger partial charge in [-0.1, -0.05) is 142 Å². The first kappa shape index (κ1) is 55.9. The second kappa shape index (κ2) is 42.6. The maximum Gasteiger partial charge on any atom is 0.280 e. The molecular formula is C39H83Cl3N6O2. The highest BCUT2D eigenvalue weighted by Crippen LogP contribution is 2.14. The van der Waals surface area contributed by atoms with E-state index >= 15 is 0 Å². The number of carbonyl (C=O) groups is 2. The maximum absolute atomic E-state index is 13.5. The molecule has 8 nitrogen and oxygen atoms in total. The van der Waals surface area contributed by atoms with Crippen molar-refractivity contribution in [3.63, 3.8) is 0 Å². The summed E-state index contributed by atoms with van der Waals surface area (Å²) >= 11 is 0. The van der Waals surface area contributed by atoms with E-state index in [2.05, 4.69) is 40.5 Å². The highest BCUT2D eigenvalue weighted by atomic mass is 35.5.